The Morgan fingerprint density at radius 2 is 2.50 bits per heavy atom. The van der Waals surface area contributed by atoms with Gasteiger partial charge in [0.05, 0.1) is 18.9 Å². The predicted octanol–water partition coefficient (Wildman–Crippen LogP) is 0.575. The van der Waals surface area contributed by atoms with E-state index in [1.165, 1.54) is 0 Å². The first-order chi connectivity index (χ1) is 7.62. The Morgan fingerprint density at radius 1 is 1.69 bits per heavy atom. The van der Waals surface area contributed by atoms with Gasteiger partial charge < -0.3 is 20.2 Å². The first-order valence-electron chi connectivity index (χ1n) is 5.33. The maximum absolute atomic E-state index is 11.9. The van der Waals surface area contributed by atoms with Crippen LogP contribution in [-0.4, -0.2) is 24.7 Å². The second-order valence-electron chi connectivity index (χ2n) is 4.17. The van der Waals surface area contributed by atoms with Gasteiger partial charge in [0.2, 0.25) is 5.91 Å². The van der Waals surface area contributed by atoms with Crippen molar-refractivity contribution in [2.45, 2.75) is 24.9 Å². The molecule has 3 N–H and O–H groups in total. The lowest BCUT2D eigenvalue weighted by molar-refractivity contribution is -0.127. The Bertz CT molecular complexity index is 355. The van der Waals surface area contributed by atoms with E-state index in [1.54, 1.807) is 12.3 Å². The van der Waals surface area contributed by atoms with E-state index < -0.39 is 5.54 Å². The van der Waals surface area contributed by atoms with E-state index in [9.17, 15) is 4.79 Å². The first-order valence-corrected chi connectivity index (χ1v) is 5.33. The zero-order chi connectivity index (χ0) is 11.6. The molecule has 2 atom stereocenters. The van der Waals surface area contributed by atoms with Crippen LogP contribution in [0.15, 0.2) is 22.8 Å². The molecule has 5 heteroatoms. The highest BCUT2D eigenvalue weighted by Crippen LogP contribution is 2.18. The summed E-state index contributed by atoms with van der Waals surface area (Å²) in [6, 6.07) is 3.43. The van der Waals surface area contributed by atoms with Crippen LogP contribution in [0.1, 0.15) is 25.1 Å². The van der Waals surface area contributed by atoms with Gasteiger partial charge in [0.25, 0.3) is 0 Å². The minimum Gasteiger partial charge on any atom is -0.467 e. The van der Waals surface area contributed by atoms with Gasteiger partial charge in [-0.3, -0.25) is 4.79 Å². The molecule has 0 bridgehead atoms. The highest BCUT2D eigenvalue weighted by Gasteiger charge is 2.38. The molecule has 0 saturated carbocycles. The molecule has 1 aliphatic heterocycles. The van der Waals surface area contributed by atoms with Crippen molar-refractivity contribution in [1.82, 2.24) is 5.32 Å². The molecule has 1 amide bonds. The van der Waals surface area contributed by atoms with Crippen molar-refractivity contribution in [2.75, 3.05) is 13.2 Å². The van der Waals surface area contributed by atoms with E-state index >= 15 is 0 Å². The van der Waals surface area contributed by atoms with Crippen LogP contribution in [-0.2, 0) is 9.53 Å². The van der Waals surface area contributed by atoms with E-state index in [0.29, 0.717) is 13.0 Å². The average Bonchev–Trinajstić information content (AvgIpc) is 2.88. The van der Waals surface area contributed by atoms with Crippen molar-refractivity contribution < 1.29 is 13.9 Å². The molecule has 5 nitrogen and oxygen atoms in total. The summed E-state index contributed by atoms with van der Waals surface area (Å²) in [5, 5.41) is 2.83. The average molecular weight is 224 g/mol. The Hall–Kier alpha value is -1.33. The summed E-state index contributed by atoms with van der Waals surface area (Å²) in [5.41, 5.74) is 5.05. The monoisotopic (exact) mass is 224 g/mol. The van der Waals surface area contributed by atoms with Crippen LogP contribution in [0.2, 0.25) is 0 Å². The van der Waals surface area contributed by atoms with Crippen molar-refractivity contribution in [3.8, 4) is 0 Å². The van der Waals surface area contributed by atoms with Crippen molar-refractivity contribution in [3.63, 3.8) is 0 Å². The molecule has 0 spiro atoms. The second kappa shape index (κ2) is 4.27. The Balaban J connectivity index is 1.97. The number of carbonyl (C=O) groups excluding carboxylic acids is 1. The van der Waals surface area contributed by atoms with E-state index in [4.69, 9.17) is 14.9 Å². The lowest BCUT2D eigenvalue weighted by Crippen LogP contribution is -2.54. The van der Waals surface area contributed by atoms with Gasteiger partial charge in [-0.2, -0.15) is 0 Å². The largest absolute Gasteiger partial charge is 0.467 e. The Labute approximate surface area is 93.9 Å². The fraction of sp³-hybridized carbons (Fsp3) is 0.545. The third-order valence-electron chi connectivity index (χ3n) is 2.82. The van der Waals surface area contributed by atoms with Crippen LogP contribution >= 0.6 is 0 Å². The highest BCUT2D eigenvalue weighted by atomic mass is 16.5. The number of ether oxygens (including phenoxy) is 1. The standard InChI is InChI=1S/C11H16N2O3/c1-8(9-3-2-5-16-9)13-10(14)11(12)4-6-15-7-11/h2-3,5,8H,4,6-7,12H2,1H3,(H,13,14). The number of amides is 1. The molecule has 1 aromatic heterocycles. The maximum Gasteiger partial charge on any atom is 0.243 e. The van der Waals surface area contributed by atoms with Crippen LogP contribution < -0.4 is 11.1 Å². The van der Waals surface area contributed by atoms with E-state index in [1.807, 2.05) is 13.0 Å². The van der Waals surface area contributed by atoms with Gasteiger partial charge in [-0.15, -0.1) is 0 Å². The molecule has 0 aromatic carbocycles. The van der Waals surface area contributed by atoms with Crippen LogP contribution in [0.25, 0.3) is 0 Å². The molecule has 0 aliphatic carbocycles. The number of carbonyl (C=O) groups is 1. The summed E-state index contributed by atoms with van der Waals surface area (Å²) in [5.74, 6) is 0.532. The van der Waals surface area contributed by atoms with Gasteiger partial charge in [0.1, 0.15) is 11.3 Å². The van der Waals surface area contributed by atoms with Crippen molar-refractivity contribution in [2.24, 2.45) is 5.73 Å². The SMILES string of the molecule is CC(NC(=O)C1(N)CCOC1)c1ccco1. The fourth-order valence-corrected chi connectivity index (χ4v) is 1.71. The molecule has 1 aromatic rings. The number of hydrogen-bond donors (Lipinski definition) is 2. The van der Waals surface area contributed by atoms with Gasteiger partial charge in [-0.25, -0.2) is 0 Å². The van der Waals surface area contributed by atoms with Crippen LogP contribution in [0, 0.1) is 0 Å². The minimum absolute atomic E-state index is 0.177. The number of rotatable bonds is 3. The lowest BCUT2D eigenvalue weighted by Gasteiger charge is -2.22. The van der Waals surface area contributed by atoms with Crippen LogP contribution in [0.3, 0.4) is 0 Å². The summed E-state index contributed by atoms with van der Waals surface area (Å²) in [7, 11) is 0. The summed E-state index contributed by atoms with van der Waals surface area (Å²) < 4.78 is 10.3. The summed E-state index contributed by atoms with van der Waals surface area (Å²) in [4.78, 5) is 11.9. The van der Waals surface area contributed by atoms with E-state index in [-0.39, 0.29) is 18.6 Å². The van der Waals surface area contributed by atoms with Gasteiger partial charge in [0, 0.05) is 6.61 Å². The molecule has 1 aliphatic rings. The van der Waals surface area contributed by atoms with Gasteiger partial charge in [-0.05, 0) is 25.5 Å². The van der Waals surface area contributed by atoms with Crippen LogP contribution in [0.5, 0.6) is 0 Å². The maximum atomic E-state index is 11.9. The normalized spacial score (nSPS) is 26.6. The van der Waals surface area contributed by atoms with E-state index in [2.05, 4.69) is 5.32 Å². The van der Waals surface area contributed by atoms with Crippen molar-refractivity contribution >= 4 is 5.91 Å². The zero-order valence-corrected chi connectivity index (χ0v) is 9.23. The number of nitrogens with two attached hydrogens (primary N) is 1. The minimum atomic E-state index is -0.888. The summed E-state index contributed by atoms with van der Waals surface area (Å²) in [6.45, 7) is 2.68. The molecular formula is C11H16N2O3. The molecular weight excluding hydrogens is 208 g/mol. The quantitative estimate of drug-likeness (QED) is 0.787. The number of furan rings is 1. The Kier molecular flexibility index (Phi) is 2.98. The van der Waals surface area contributed by atoms with Crippen LogP contribution in [0.4, 0.5) is 0 Å². The molecule has 2 unspecified atom stereocenters. The molecule has 16 heavy (non-hydrogen) atoms. The number of hydrogen-bond acceptors (Lipinski definition) is 4. The van der Waals surface area contributed by atoms with E-state index in [0.717, 1.165) is 5.76 Å². The highest BCUT2D eigenvalue weighted by molar-refractivity contribution is 5.86. The topological polar surface area (TPSA) is 77.5 Å². The Morgan fingerprint density at radius 3 is 3.06 bits per heavy atom. The lowest BCUT2D eigenvalue weighted by atomic mass is 9.99. The van der Waals surface area contributed by atoms with Crippen molar-refractivity contribution in [3.05, 3.63) is 24.2 Å². The fourth-order valence-electron chi connectivity index (χ4n) is 1.71. The first kappa shape index (κ1) is 11.2. The molecule has 1 fully saturated rings. The summed E-state index contributed by atoms with van der Waals surface area (Å²) >= 11 is 0. The number of nitrogens with one attached hydrogen (secondary N) is 1. The zero-order valence-electron chi connectivity index (χ0n) is 9.23. The third-order valence-corrected chi connectivity index (χ3v) is 2.82. The molecule has 0 radical (unpaired) electrons. The van der Waals surface area contributed by atoms with Gasteiger partial charge in [-0.1, -0.05) is 0 Å². The van der Waals surface area contributed by atoms with Gasteiger partial charge in [0.15, 0.2) is 0 Å². The van der Waals surface area contributed by atoms with Crippen molar-refractivity contribution in [1.29, 1.82) is 0 Å². The molecule has 88 valence electrons. The molecule has 2 rings (SSSR count). The smallest absolute Gasteiger partial charge is 0.243 e. The predicted molar refractivity (Wildman–Crippen MR) is 57.6 cm³/mol. The summed E-state index contributed by atoms with van der Waals surface area (Å²) in [6.07, 6.45) is 2.14. The molecule has 2 heterocycles. The second-order valence-corrected chi connectivity index (χ2v) is 4.17. The third kappa shape index (κ3) is 2.10. The molecule has 1 saturated heterocycles. The van der Waals surface area contributed by atoms with Gasteiger partial charge >= 0.3 is 0 Å².